The van der Waals surface area contributed by atoms with E-state index in [2.05, 4.69) is 212 Å². The predicted octanol–water partition coefficient (Wildman–Crippen LogP) is 18.7. The molecule has 0 bridgehead atoms. The van der Waals surface area contributed by atoms with Crippen LogP contribution in [0.4, 0.5) is 0 Å². The molecular formula is C95H114O11. The second kappa shape index (κ2) is 35.0. The normalized spacial score (nSPS) is 11.4. The first-order valence-electron chi connectivity index (χ1n) is 36.9. The van der Waals surface area contributed by atoms with Crippen LogP contribution in [0.2, 0.25) is 0 Å². The number of benzene rings is 10. The van der Waals surface area contributed by atoms with Gasteiger partial charge in [-0.2, -0.15) is 0 Å². The molecule has 10 aromatic rings. The monoisotopic (exact) mass is 1430 g/mol. The summed E-state index contributed by atoms with van der Waals surface area (Å²) in [4.78, 5) is 0. The van der Waals surface area contributed by atoms with E-state index in [0.29, 0.717) is 32.1 Å². The molecule has 0 saturated carbocycles. The average molecular weight is 1430 g/mol. The van der Waals surface area contributed by atoms with E-state index >= 15 is 0 Å². The Morgan fingerprint density at radius 3 is 0.830 bits per heavy atom. The summed E-state index contributed by atoms with van der Waals surface area (Å²) < 4.78 is 35.9. The Morgan fingerprint density at radius 1 is 0.226 bits per heavy atom. The number of aliphatic hydroxyl groups is 5. The maximum Gasteiger partial charge on any atom is 0.126 e. The van der Waals surface area contributed by atoms with Gasteiger partial charge in [0.25, 0.3) is 0 Å². The number of rotatable bonds is 27. The number of aliphatic hydroxyl groups excluding tert-OH is 5. The van der Waals surface area contributed by atoms with Crippen molar-refractivity contribution in [2.75, 3.05) is 42.7 Å². The first-order chi connectivity index (χ1) is 50.5. The minimum atomic E-state index is -0.628. The zero-order valence-electron chi connectivity index (χ0n) is 67.1. The zero-order valence-corrected chi connectivity index (χ0v) is 67.1. The smallest absolute Gasteiger partial charge is 0.126 e. The molecule has 0 unspecified atom stereocenters. The van der Waals surface area contributed by atoms with Crippen LogP contribution in [0.3, 0.4) is 0 Å². The van der Waals surface area contributed by atoms with E-state index in [0.717, 1.165) is 186 Å². The molecule has 5 N–H and O–H groups in total. The molecule has 0 aliphatic carbocycles. The summed E-state index contributed by atoms with van der Waals surface area (Å²) in [6, 6.07) is 41.5. The van der Waals surface area contributed by atoms with E-state index in [-0.39, 0.29) is 33.0 Å². The minimum Gasteiger partial charge on any atom is -0.496 e. The molecule has 0 aliphatic rings. The fourth-order valence-electron chi connectivity index (χ4n) is 15.8. The van der Waals surface area contributed by atoms with E-state index in [4.69, 9.17) is 28.4 Å². The Kier molecular flexibility index (Phi) is 26.7. The van der Waals surface area contributed by atoms with Crippen LogP contribution in [0.5, 0.6) is 34.5 Å². The van der Waals surface area contributed by atoms with Crippen molar-refractivity contribution in [1.29, 1.82) is 0 Å². The lowest BCUT2D eigenvalue weighted by Gasteiger charge is -2.33. The molecule has 11 nitrogen and oxygen atoms in total. The van der Waals surface area contributed by atoms with Gasteiger partial charge in [-0.25, -0.2) is 0 Å². The molecule has 0 aromatic heterocycles. The van der Waals surface area contributed by atoms with Crippen LogP contribution in [0, 0.1) is 96.9 Å². The Balaban J connectivity index is 0.000000272. The Hall–Kier alpha value is -9.20. The lowest BCUT2D eigenvalue weighted by Crippen LogP contribution is -2.24. The van der Waals surface area contributed by atoms with E-state index < -0.39 is 5.41 Å². The molecular weight excluding hydrogens is 1320 g/mol. The number of aryl methyl sites for hydroxylation is 14. The van der Waals surface area contributed by atoms with Gasteiger partial charge in [0.15, 0.2) is 0 Å². The third-order valence-corrected chi connectivity index (χ3v) is 22.4. The van der Waals surface area contributed by atoms with Crippen LogP contribution in [-0.4, -0.2) is 68.2 Å². The first-order valence-corrected chi connectivity index (χ1v) is 36.9. The SMILES string of the molecule is COc1cc(C)c(Cc2cc(C(C)(C)c3cc(Cc4cc(C)c(OC)cc4C)c(OC)c(Cc4cc(C)c(CO)cc4C)c3CO)cc(Cc3cc(C)c(CO)cc3C)c2OC)cc1C.COc1cc(C)c(Cc2cc(Cc3cc(C)c(CO)cc3C)cc(Cc3cc(CO)c(C)cc3C)c2OC)cc1C. The van der Waals surface area contributed by atoms with Crippen molar-refractivity contribution in [1.82, 2.24) is 0 Å². The Morgan fingerprint density at radius 2 is 0.491 bits per heavy atom. The molecule has 0 aliphatic heterocycles. The average Bonchev–Trinajstić information content (AvgIpc) is 0.743. The van der Waals surface area contributed by atoms with Crippen molar-refractivity contribution in [3.8, 4) is 34.5 Å². The summed E-state index contributed by atoms with van der Waals surface area (Å²) in [6.45, 7) is 33.7. The lowest BCUT2D eigenvalue weighted by atomic mass is 9.72. The van der Waals surface area contributed by atoms with Gasteiger partial charge in [-0.05, 0) is 311 Å². The summed E-state index contributed by atoms with van der Waals surface area (Å²) in [5.41, 5.74) is 37.7. The van der Waals surface area contributed by atoms with Crippen LogP contribution < -0.4 is 28.4 Å². The van der Waals surface area contributed by atoms with Gasteiger partial charge in [-0.3, -0.25) is 0 Å². The zero-order chi connectivity index (χ0) is 77.3. The number of hydrogen-bond acceptors (Lipinski definition) is 11. The number of methoxy groups -OCH3 is 6. The third kappa shape index (κ3) is 17.7. The van der Waals surface area contributed by atoms with Crippen LogP contribution >= 0.6 is 0 Å². The molecule has 11 heteroatoms. The fourth-order valence-corrected chi connectivity index (χ4v) is 15.8. The highest BCUT2D eigenvalue weighted by atomic mass is 16.5. The van der Waals surface area contributed by atoms with E-state index in [9.17, 15) is 25.5 Å². The standard InChI is InChI=1S/C58H70O7.C37H44O4/c1-33-17-48(30-59)35(3)15-41(33)23-45-26-50(27-46(56(45)64-13)24-42-19-39(7)54(62-11)21-37(42)5)58(9,10)53-29-47(25-43-20-40(8)55(63-12)22-38(43)6)57(65-14)51(52(53)32-61)28-44-16-36(4)49(31-60)18-34(44)2;1-22-9-23(2)35(21-39)19-31(22)18-33-16-28(14-29-10-25(4)34(20-38)11-24(29)3)15-32(37(33)41-8)17-30-12-27(6)36(40-7)13-26(30)5/h15-22,26-27,29,59-61H,23-25,28,30-32H2,1-14H3;9-13,15-16,19,38-39H,14,17-18,20-21H2,1-8H3. The Bertz CT molecular complexity index is 4790. The fraction of sp³-hybridized carbons (Fsp3) is 0.368. The molecule has 0 spiro atoms. The molecule has 0 atom stereocenters. The quantitative estimate of drug-likeness (QED) is 0.0334. The highest BCUT2D eigenvalue weighted by Crippen LogP contribution is 2.46. The molecule has 106 heavy (non-hydrogen) atoms. The van der Waals surface area contributed by atoms with Crippen molar-refractivity contribution < 1.29 is 54.0 Å². The minimum absolute atomic E-state index is 0.00542. The maximum atomic E-state index is 11.7. The van der Waals surface area contributed by atoms with Crippen LogP contribution in [0.1, 0.15) is 209 Å². The largest absolute Gasteiger partial charge is 0.496 e. The predicted molar refractivity (Wildman–Crippen MR) is 431 cm³/mol. The van der Waals surface area contributed by atoms with Crippen molar-refractivity contribution in [2.24, 2.45) is 0 Å². The van der Waals surface area contributed by atoms with Gasteiger partial charge in [0, 0.05) is 49.5 Å². The van der Waals surface area contributed by atoms with Crippen molar-refractivity contribution in [3.05, 3.63) is 310 Å². The lowest BCUT2D eigenvalue weighted by molar-refractivity contribution is 0.276. The molecule has 10 aromatic carbocycles. The van der Waals surface area contributed by atoms with Gasteiger partial charge >= 0.3 is 0 Å². The highest BCUT2D eigenvalue weighted by molar-refractivity contribution is 5.62. The van der Waals surface area contributed by atoms with Gasteiger partial charge < -0.3 is 54.0 Å². The molecule has 0 fully saturated rings. The second-order valence-electron chi connectivity index (χ2n) is 30.1. The van der Waals surface area contributed by atoms with Crippen LogP contribution in [-0.2, 0) is 83.4 Å². The van der Waals surface area contributed by atoms with Crippen molar-refractivity contribution in [2.45, 2.75) is 194 Å². The summed E-state index contributed by atoms with van der Waals surface area (Å²) >= 11 is 0. The van der Waals surface area contributed by atoms with Gasteiger partial charge in [0.05, 0.1) is 75.7 Å². The van der Waals surface area contributed by atoms with Crippen molar-refractivity contribution >= 4 is 0 Å². The molecule has 10 rings (SSSR count). The summed E-state index contributed by atoms with van der Waals surface area (Å²) in [7, 11) is 10.4. The highest BCUT2D eigenvalue weighted by Gasteiger charge is 2.33. The van der Waals surface area contributed by atoms with E-state index in [1.807, 2.05) is 13.8 Å². The molecule has 0 radical (unpaired) electrons. The van der Waals surface area contributed by atoms with Gasteiger partial charge in [-0.1, -0.05) is 111 Å². The van der Waals surface area contributed by atoms with Crippen LogP contribution in [0.15, 0.2) is 115 Å². The van der Waals surface area contributed by atoms with Crippen LogP contribution in [0.25, 0.3) is 0 Å². The van der Waals surface area contributed by atoms with Gasteiger partial charge in [-0.15, -0.1) is 0 Å². The number of hydrogen-bond donors (Lipinski definition) is 5. The summed E-state index contributed by atoms with van der Waals surface area (Å²) in [5.74, 6) is 5.15. The molecule has 0 saturated heterocycles. The van der Waals surface area contributed by atoms with Gasteiger partial charge in [0.1, 0.15) is 34.5 Å². The third-order valence-electron chi connectivity index (χ3n) is 22.4. The molecule has 0 amide bonds. The number of ether oxygens (including phenoxy) is 6. The van der Waals surface area contributed by atoms with E-state index in [1.165, 1.54) is 55.6 Å². The maximum absolute atomic E-state index is 11.7. The van der Waals surface area contributed by atoms with Crippen molar-refractivity contribution in [3.63, 3.8) is 0 Å². The topological polar surface area (TPSA) is 157 Å². The molecule has 0 heterocycles. The summed E-state index contributed by atoms with van der Waals surface area (Å²) in [5, 5.41) is 51.6. The molecule has 560 valence electrons. The summed E-state index contributed by atoms with van der Waals surface area (Å²) in [6.07, 6.45) is 4.67. The second-order valence-corrected chi connectivity index (χ2v) is 30.1. The Labute approximate surface area is 631 Å². The van der Waals surface area contributed by atoms with E-state index in [1.54, 1.807) is 42.7 Å². The van der Waals surface area contributed by atoms with Gasteiger partial charge in [0.2, 0.25) is 0 Å². The first kappa shape index (κ1) is 80.9.